The molecule has 2 N–H and O–H groups in total. The SMILES string of the molecule is C[C@@H]1CN[C@@H](C)C[C@@H]1O. The van der Waals surface area contributed by atoms with Gasteiger partial charge in [-0.3, -0.25) is 0 Å². The second kappa shape index (κ2) is 2.67. The minimum atomic E-state index is -0.0822. The third kappa shape index (κ3) is 1.66. The Kier molecular flexibility index (Phi) is 2.09. The third-order valence-corrected chi connectivity index (χ3v) is 2.04. The number of nitrogens with one attached hydrogen (secondary N) is 1. The molecule has 1 rings (SSSR count). The molecule has 0 amide bonds. The molecule has 2 heteroatoms. The first-order valence-electron chi connectivity index (χ1n) is 3.61. The molecule has 0 bridgehead atoms. The van der Waals surface area contributed by atoms with Gasteiger partial charge in [-0.15, -0.1) is 0 Å². The molecule has 0 aromatic heterocycles. The van der Waals surface area contributed by atoms with E-state index >= 15 is 0 Å². The molecule has 0 radical (unpaired) electrons. The molecular weight excluding hydrogens is 114 g/mol. The Hall–Kier alpha value is -0.0800. The number of rotatable bonds is 0. The molecule has 0 spiro atoms. The van der Waals surface area contributed by atoms with E-state index in [-0.39, 0.29) is 6.10 Å². The van der Waals surface area contributed by atoms with E-state index in [4.69, 9.17) is 0 Å². The number of piperidine rings is 1. The van der Waals surface area contributed by atoms with E-state index in [0.29, 0.717) is 12.0 Å². The van der Waals surface area contributed by atoms with Gasteiger partial charge in [-0.1, -0.05) is 6.92 Å². The Morgan fingerprint density at radius 2 is 2.11 bits per heavy atom. The maximum absolute atomic E-state index is 9.31. The van der Waals surface area contributed by atoms with Crippen LogP contribution in [-0.4, -0.2) is 23.8 Å². The quantitative estimate of drug-likeness (QED) is 0.495. The van der Waals surface area contributed by atoms with Gasteiger partial charge in [-0.25, -0.2) is 0 Å². The summed E-state index contributed by atoms with van der Waals surface area (Å²) in [6.45, 7) is 5.14. The minimum Gasteiger partial charge on any atom is -0.393 e. The van der Waals surface area contributed by atoms with Crippen LogP contribution in [0.1, 0.15) is 20.3 Å². The molecule has 0 unspecified atom stereocenters. The van der Waals surface area contributed by atoms with E-state index < -0.39 is 0 Å². The van der Waals surface area contributed by atoms with Gasteiger partial charge in [0.1, 0.15) is 0 Å². The van der Waals surface area contributed by atoms with Crippen molar-refractivity contribution in [2.75, 3.05) is 6.54 Å². The van der Waals surface area contributed by atoms with Crippen LogP contribution in [-0.2, 0) is 0 Å². The molecule has 0 saturated carbocycles. The lowest BCUT2D eigenvalue weighted by atomic mass is 9.94. The summed E-state index contributed by atoms with van der Waals surface area (Å²) in [5.74, 6) is 0.432. The van der Waals surface area contributed by atoms with Crippen molar-refractivity contribution in [1.82, 2.24) is 5.32 Å². The highest BCUT2D eigenvalue weighted by molar-refractivity contribution is 4.78. The van der Waals surface area contributed by atoms with Crippen molar-refractivity contribution in [3.05, 3.63) is 0 Å². The van der Waals surface area contributed by atoms with E-state index in [1.165, 1.54) is 0 Å². The normalized spacial score (nSPS) is 45.0. The highest BCUT2D eigenvalue weighted by Crippen LogP contribution is 2.13. The van der Waals surface area contributed by atoms with E-state index in [1.807, 2.05) is 0 Å². The fourth-order valence-electron chi connectivity index (χ4n) is 1.20. The minimum absolute atomic E-state index is 0.0822. The molecule has 3 atom stereocenters. The van der Waals surface area contributed by atoms with Crippen LogP contribution < -0.4 is 5.32 Å². The van der Waals surface area contributed by atoms with E-state index in [0.717, 1.165) is 13.0 Å². The summed E-state index contributed by atoms with van der Waals surface area (Å²) < 4.78 is 0. The Morgan fingerprint density at radius 1 is 1.44 bits per heavy atom. The van der Waals surface area contributed by atoms with Gasteiger partial charge >= 0.3 is 0 Å². The van der Waals surface area contributed by atoms with Crippen LogP contribution in [0, 0.1) is 5.92 Å². The first kappa shape index (κ1) is 7.03. The maximum Gasteiger partial charge on any atom is 0.0592 e. The van der Waals surface area contributed by atoms with Crippen LogP contribution in [0.2, 0.25) is 0 Å². The highest BCUT2D eigenvalue weighted by atomic mass is 16.3. The standard InChI is InChI=1S/C7H15NO/c1-5-4-8-6(2)3-7(5)9/h5-9H,3-4H2,1-2H3/t5-,6+,7+/m1/s1. The summed E-state index contributed by atoms with van der Waals surface area (Å²) in [5.41, 5.74) is 0. The fourth-order valence-corrected chi connectivity index (χ4v) is 1.20. The highest BCUT2D eigenvalue weighted by Gasteiger charge is 2.22. The van der Waals surface area contributed by atoms with Gasteiger partial charge in [0.25, 0.3) is 0 Å². The average molecular weight is 129 g/mol. The molecule has 1 aliphatic rings. The van der Waals surface area contributed by atoms with Crippen molar-refractivity contribution < 1.29 is 5.11 Å². The molecule has 1 fully saturated rings. The topological polar surface area (TPSA) is 32.3 Å². The zero-order valence-electron chi connectivity index (χ0n) is 6.09. The fraction of sp³-hybridized carbons (Fsp3) is 1.00. The van der Waals surface area contributed by atoms with Crippen molar-refractivity contribution >= 4 is 0 Å². The van der Waals surface area contributed by atoms with Crippen molar-refractivity contribution in [2.24, 2.45) is 5.92 Å². The zero-order chi connectivity index (χ0) is 6.85. The van der Waals surface area contributed by atoms with Crippen molar-refractivity contribution in [3.63, 3.8) is 0 Å². The molecule has 0 aromatic rings. The number of aliphatic hydroxyl groups excluding tert-OH is 1. The van der Waals surface area contributed by atoms with Crippen LogP contribution in [0.3, 0.4) is 0 Å². The first-order chi connectivity index (χ1) is 4.20. The molecule has 1 heterocycles. The summed E-state index contributed by atoms with van der Waals surface area (Å²) in [6.07, 6.45) is 0.822. The number of hydrogen-bond donors (Lipinski definition) is 2. The third-order valence-electron chi connectivity index (χ3n) is 2.04. The summed E-state index contributed by atoms with van der Waals surface area (Å²) in [6, 6.07) is 0.496. The van der Waals surface area contributed by atoms with Crippen molar-refractivity contribution in [1.29, 1.82) is 0 Å². The van der Waals surface area contributed by atoms with Gasteiger partial charge in [0.05, 0.1) is 6.10 Å². The average Bonchev–Trinajstić information content (AvgIpc) is 1.80. The Morgan fingerprint density at radius 3 is 2.56 bits per heavy atom. The van der Waals surface area contributed by atoms with Crippen LogP contribution >= 0.6 is 0 Å². The largest absolute Gasteiger partial charge is 0.393 e. The van der Waals surface area contributed by atoms with E-state index in [1.54, 1.807) is 0 Å². The van der Waals surface area contributed by atoms with Gasteiger partial charge in [-0.2, -0.15) is 0 Å². The number of hydrogen-bond acceptors (Lipinski definition) is 2. The van der Waals surface area contributed by atoms with Gasteiger partial charge < -0.3 is 10.4 Å². The summed E-state index contributed by atoms with van der Waals surface area (Å²) >= 11 is 0. The first-order valence-corrected chi connectivity index (χ1v) is 3.61. The molecule has 54 valence electrons. The molecule has 1 aliphatic heterocycles. The van der Waals surface area contributed by atoms with Gasteiger partial charge in [0.15, 0.2) is 0 Å². The molecule has 2 nitrogen and oxygen atoms in total. The summed E-state index contributed by atoms with van der Waals surface area (Å²) in [4.78, 5) is 0. The van der Waals surface area contributed by atoms with Crippen LogP contribution in [0.5, 0.6) is 0 Å². The maximum atomic E-state index is 9.31. The Labute approximate surface area is 56.3 Å². The zero-order valence-corrected chi connectivity index (χ0v) is 6.09. The smallest absolute Gasteiger partial charge is 0.0592 e. The lowest BCUT2D eigenvalue weighted by molar-refractivity contribution is 0.0725. The monoisotopic (exact) mass is 129 g/mol. The predicted octanol–water partition coefficient (Wildman–Crippen LogP) is 0.365. The summed E-state index contributed by atoms with van der Waals surface area (Å²) in [5, 5.41) is 12.6. The molecule has 1 saturated heterocycles. The van der Waals surface area contributed by atoms with Crippen LogP contribution in [0.25, 0.3) is 0 Å². The second-order valence-electron chi connectivity index (χ2n) is 3.09. The van der Waals surface area contributed by atoms with E-state index in [2.05, 4.69) is 19.2 Å². The van der Waals surface area contributed by atoms with Crippen LogP contribution in [0.15, 0.2) is 0 Å². The Bertz CT molecular complexity index is 94.9. The molecular formula is C7H15NO. The van der Waals surface area contributed by atoms with Crippen molar-refractivity contribution in [2.45, 2.75) is 32.4 Å². The van der Waals surface area contributed by atoms with Crippen molar-refractivity contribution in [3.8, 4) is 0 Å². The number of aliphatic hydroxyl groups is 1. The second-order valence-corrected chi connectivity index (χ2v) is 3.09. The molecule has 9 heavy (non-hydrogen) atoms. The van der Waals surface area contributed by atoms with Crippen LogP contribution in [0.4, 0.5) is 0 Å². The summed E-state index contributed by atoms with van der Waals surface area (Å²) in [7, 11) is 0. The van der Waals surface area contributed by atoms with Gasteiger partial charge in [0.2, 0.25) is 0 Å². The lowest BCUT2D eigenvalue weighted by Gasteiger charge is -2.29. The van der Waals surface area contributed by atoms with Gasteiger partial charge in [-0.05, 0) is 19.3 Å². The van der Waals surface area contributed by atoms with E-state index in [9.17, 15) is 5.11 Å². The Balaban J connectivity index is 2.35. The molecule has 0 aromatic carbocycles. The van der Waals surface area contributed by atoms with Gasteiger partial charge in [0, 0.05) is 12.6 Å². The lowest BCUT2D eigenvalue weighted by Crippen LogP contribution is -2.43. The predicted molar refractivity (Wildman–Crippen MR) is 37.3 cm³/mol. The molecule has 0 aliphatic carbocycles.